The first-order valence-electron chi connectivity index (χ1n) is 9.23. The van der Waals surface area contributed by atoms with Gasteiger partial charge in [0.1, 0.15) is 11.3 Å². The summed E-state index contributed by atoms with van der Waals surface area (Å²) in [6, 6.07) is 16.5. The summed E-state index contributed by atoms with van der Waals surface area (Å²) < 4.78 is 7.25. The molecule has 0 bridgehead atoms. The van der Waals surface area contributed by atoms with Crippen molar-refractivity contribution in [2.75, 3.05) is 44.7 Å². The number of hydrogen-bond acceptors (Lipinski definition) is 5. The fraction of sp³-hybridized carbons (Fsp3) is 0.400. The van der Waals surface area contributed by atoms with Crippen molar-refractivity contribution in [2.24, 2.45) is 0 Å². The second-order valence-corrected chi connectivity index (χ2v) is 6.68. The van der Waals surface area contributed by atoms with Crippen molar-refractivity contribution in [1.29, 1.82) is 0 Å². The maximum Gasteiger partial charge on any atom is 0.119 e. The van der Waals surface area contributed by atoms with Crippen molar-refractivity contribution in [1.82, 2.24) is 19.9 Å². The van der Waals surface area contributed by atoms with Crippen molar-refractivity contribution in [3.63, 3.8) is 0 Å². The van der Waals surface area contributed by atoms with E-state index in [-0.39, 0.29) is 0 Å². The third-order valence-electron chi connectivity index (χ3n) is 5.07. The van der Waals surface area contributed by atoms with Crippen LogP contribution in [0.2, 0.25) is 0 Å². The van der Waals surface area contributed by atoms with Gasteiger partial charge in [0.25, 0.3) is 0 Å². The van der Waals surface area contributed by atoms with E-state index in [2.05, 4.69) is 38.3 Å². The molecule has 1 aromatic heterocycles. The predicted octanol–water partition coefficient (Wildman–Crippen LogP) is 2.65. The Morgan fingerprint density at radius 3 is 2.46 bits per heavy atom. The molecule has 0 radical (unpaired) electrons. The quantitative estimate of drug-likeness (QED) is 0.683. The molecule has 1 aliphatic heterocycles. The van der Waals surface area contributed by atoms with E-state index in [0.29, 0.717) is 0 Å². The topological polar surface area (TPSA) is 46.4 Å². The molecule has 3 aromatic rings. The Morgan fingerprint density at radius 2 is 1.69 bits per heavy atom. The average molecular weight is 351 g/mol. The largest absolute Gasteiger partial charge is 0.497 e. The number of rotatable bonds is 6. The van der Waals surface area contributed by atoms with Gasteiger partial charge in [0.05, 0.1) is 12.6 Å². The summed E-state index contributed by atoms with van der Waals surface area (Å²) in [6.07, 6.45) is 1.09. The van der Waals surface area contributed by atoms with Crippen molar-refractivity contribution >= 4 is 16.7 Å². The number of ether oxygens (including phenoxy) is 1. The summed E-state index contributed by atoms with van der Waals surface area (Å²) in [5.41, 5.74) is 3.37. The molecule has 1 aliphatic rings. The number of aryl methyl sites for hydroxylation is 1. The monoisotopic (exact) mass is 351 g/mol. The summed E-state index contributed by atoms with van der Waals surface area (Å²) in [6.45, 7) is 6.36. The van der Waals surface area contributed by atoms with Crippen LogP contribution >= 0.6 is 0 Å². The lowest BCUT2D eigenvalue weighted by Gasteiger charge is -2.36. The summed E-state index contributed by atoms with van der Waals surface area (Å²) in [7, 11) is 1.70. The van der Waals surface area contributed by atoms with Crippen LogP contribution < -0.4 is 9.64 Å². The highest BCUT2D eigenvalue weighted by atomic mass is 16.5. The van der Waals surface area contributed by atoms with E-state index in [4.69, 9.17) is 4.74 Å². The van der Waals surface area contributed by atoms with E-state index in [1.54, 1.807) is 7.11 Å². The van der Waals surface area contributed by atoms with Gasteiger partial charge in [-0.1, -0.05) is 17.3 Å². The van der Waals surface area contributed by atoms with Crippen molar-refractivity contribution in [3.05, 3.63) is 48.5 Å². The van der Waals surface area contributed by atoms with E-state index >= 15 is 0 Å². The zero-order valence-corrected chi connectivity index (χ0v) is 15.2. The number of fused-ring (bicyclic) bond motifs is 1. The number of methoxy groups -OCH3 is 1. The molecule has 136 valence electrons. The highest BCUT2D eigenvalue weighted by molar-refractivity contribution is 5.73. The van der Waals surface area contributed by atoms with Crippen molar-refractivity contribution in [2.45, 2.75) is 13.0 Å². The Kier molecular flexibility index (Phi) is 5.02. The van der Waals surface area contributed by atoms with Gasteiger partial charge in [-0.2, -0.15) is 0 Å². The van der Waals surface area contributed by atoms with E-state index in [0.717, 1.165) is 62.5 Å². The van der Waals surface area contributed by atoms with Gasteiger partial charge < -0.3 is 9.64 Å². The molecule has 0 amide bonds. The highest BCUT2D eigenvalue weighted by Gasteiger charge is 2.17. The first-order valence-corrected chi connectivity index (χ1v) is 9.23. The van der Waals surface area contributed by atoms with Crippen molar-refractivity contribution < 1.29 is 4.74 Å². The lowest BCUT2D eigenvalue weighted by Crippen LogP contribution is -2.46. The van der Waals surface area contributed by atoms with Gasteiger partial charge in [-0.3, -0.25) is 4.90 Å². The number of piperazine rings is 1. The van der Waals surface area contributed by atoms with Crippen LogP contribution in [0.1, 0.15) is 6.42 Å². The number of benzene rings is 2. The number of nitrogens with zero attached hydrogens (tertiary/aromatic N) is 5. The second-order valence-electron chi connectivity index (χ2n) is 6.68. The van der Waals surface area contributed by atoms with E-state index < -0.39 is 0 Å². The van der Waals surface area contributed by atoms with Gasteiger partial charge in [-0.15, -0.1) is 5.10 Å². The predicted molar refractivity (Wildman–Crippen MR) is 104 cm³/mol. The molecule has 6 heteroatoms. The number of hydrogen-bond donors (Lipinski definition) is 0. The molecule has 4 rings (SSSR count). The molecule has 0 N–H and O–H groups in total. The van der Waals surface area contributed by atoms with Gasteiger partial charge in [-0.25, -0.2) is 4.68 Å². The molecule has 0 aliphatic carbocycles. The minimum Gasteiger partial charge on any atom is -0.497 e. The third-order valence-corrected chi connectivity index (χ3v) is 5.07. The van der Waals surface area contributed by atoms with Crippen LogP contribution in [0, 0.1) is 0 Å². The van der Waals surface area contributed by atoms with Crippen LogP contribution in [0.15, 0.2) is 48.5 Å². The minimum absolute atomic E-state index is 0.910. The second kappa shape index (κ2) is 7.74. The standard InChI is InChI=1S/C20H25N5O/c1-26-18-9-7-17(8-10-18)24-15-13-23(14-16-24)11-4-12-25-20-6-3-2-5-19(20)21-22-25/h2-3,5-10H,4,11-16H2,1H3. The summed E-state index contributed by atoms with van der Waals surface area (Å²) >= 11 is 0. The molecule has 1 fully saturated rings. The molecule has 0 unspecified atom stereocenters. The molecule has 6 nitrogen and oxygen atoms in total. The zero-order chi connectivity index (χ0) is 17.8. The van der Waals surface area contributed by atoms with Crippen LogP contribution in [-0.2, 0) is 6.54 Å². The zero-order valence-electron chi connectivity index (χ0n) is 15.2. The summed E-state index contributed by atoms with van der Waals surface area (Å²) in [5, 5.41) is 8.50. The smallest absolute Gasteiger partial charge is 0.119 e. The Balaban J connectivity index is 1.25. The summed E-state index contributed by atoms with van der Waals surface area (Å²) in [5.74, 6) is 0.910. The van der Waals surface area contributed by atoms with Crippen LogP contribution in [-0.4, -0.2) is 59.7 Å². The molecule has 2 heterocycles. The van der Waals surface area contributed by atoms with Gasteiger partial charge in [-0.05, 0) is 42.8 Å². The Bertz CT molecular complexity index is 837. The molecule has 2 aromatic carbocycles. The van der Waals surface area contributed by atoms with Gasteiger partial charge in [0.2, 0.25) is 0 Å². The van der Waals surface area contributed by atoms with Crippen LogP contribution in [0.25, 0.3) is 11.0 Å². The fourth-order valence-corrected chi connectivity index (χ4v) is 3.55. The Morgan fingerprint density at radius 1 is 0.923 bits per heavy atom. The fourth-order valence-electron chi connectivity index (χ4n) is 3.55. The maximum absolute atomic E-state index is 5.24. The molecule has 0 atom stereocenters. The first-order chi connectivity index (χ1) is 12.8. The van der Waals surface area contributed by atoms with Crippen LogP contribution in [0.5, 0.6) is 5.75 Å². The average Bonchev–Trinajstić information content (AvgIpc) is 3.12. The highest BCUT2D eigenvalue weighted by Crippen LogP contribution is 2.20. The summed E-state index contributed by atoms with van der Waals surface area (Å²) in [4.78, 5) is 4.99. The molecular formula is C20H25N5O. The molecule has 0 saturated carbocycles. The molecule has 1 saturated heterocycles. The Hall–Kier alpha value is -2.60. The molecular weight excluding hydrogens is 326 g/mol. The van der Waals surface area contributed by atoms with Gasteiger partial charge >= 0.3 is 0 Å². The first kappa shape index (κ1) is 16.8. The normalized spacial score (nSPS) is 15.5. The van der Waals surface area contributed by atoms with Gasteiger partial charge in [0.15, 0.2) is 0 Å². The maximum atomic E-state index is 5.24. The van der Waals surface area contributed by atoms with E-state index in [1.165, 1.54) is 5.69 Å². The SMILES string of the molecule is COc1ccc(N2CCN(CCCn3nnc4ccccc43)CC2)cc1. The minimum atomic E-state index is 0.910. The number of aromatic nitrogens is 3. The number of anilines is 1. The number of para-hydroxylation sites is 1. The van der Waals surface area contributed by atoms with E-state index in [9.17, 15) is 0 Å². The Labute approximate surface area is 154 Å². The van der Waals surface area contributed by atoms with Crippen LogP contribution in [0.3, 0.4) is 0 Å². The van der Waals surface area contributed by atoms with E-state index in [1.807, 2.05) is 35.0 Å². The third kappa shape index (κ3) is 3.65. The van der Waals surface area contributed by atoms with Crippen molar-refractivity contribution in [3.8, 4) is 5.75 Å². The van der Waals surface area contributed by atoms with Crippen LogP contribution in [0.4, 0.5) is 5.69 Å². The lowest BCUT2D eigenvalue weighted by molar-refractivity contribution is 0.249. The van der Waals surface area contributed by atoms with Gasteiger partial charge in [0, 0.05) is 45.0 Å². The molecule has 0 spiro atoms. The lowest BCUT2D eigenvalue weighted by atomic mass is 10.2. The molecule has 26 heavy (non-hydrogen) atoms.